The quantitative estimate of drug-likeness (QED) is 0.573. The van der Waals surface area contributed by atoms with Crippen molar-refractivity contribution in [1.29, 1.82) is 0 Å². The fourth-order valence-electron chi connectivity index (χ4n) is 2.09. The first kappa shape index (κ1) is 19.3. The number of hydrogen-bond acceptors (Lipinski definition) is 5. The topological polar surface area (TPSA) is 105 Å². The van der Waals surface area contributed by atoms with Gasteiger partial charge >= 0.3 is 6.09 Å². The van der Waals surface area contributed by atoms with Crippen molar-refractivity contribution in [2.24, 2.45) is 0 Å². The summed E-state index contributed by atoms with van der Waals surface area (Å²) >= 11 is 11.9. The number of halogens is 2. The van der Waals surface area contributed by atoms with Gasteiger partial charge in [-0.3, -0.25) is 0 Å². The highest BCUT2D eigenvalue weighted by atomic mass is 35.5. The maximum absolute atomic E-state index is 11.7. The highest BCUT2D eigenvalue weighted by Gasteiger charge is 2.22. The molecule has 0 radical (unpaired) electrons. The van der Waals surface area contributed by atoms with Gasteiger partial charge in [-0.25, -0.2) is 4.79 Å². The summed E-state index contributed by atoms with van der Waals surface area (Å²) in [5.74, 6) is 0. The van der Waals surface area contributed by atoms with Crippen molar-refractivity contribution >= 4 is 35.0 Å². The number of hydrogen-bond donors (Lipinski definition) is 4. The van der Waals surface area contributed by atoms with Crippen molar-refractivity contribution in [3.05, 3.63) is 63.6 Å². The molecule has 0 spiro atoms. The number of rotatable bonds is 6. The highest BCUT2D eigenvalue weighted by molar-refractivity contribution is 6.35. The smallest absolute Gasteiger partial charge is 0.407 e. The largest absolute Gasteiger partial charge is 0.445 e. The van der Waals surface area contributed by atoms with Crippen molar-refractivity contribution in [3.63, 3.8) is 0 Å². The third-order valence-corrected chi connectivity index (χ3v) is 4.12. The molecule has 25 heavy (non-hydrogen) atoms. The molecular formula is C17H18Cl2N2O4. The van der Waals surface area contributed by atoms with Gasteiger partial charge in [0, 0.05) is 17.1 Å². The van der Waals surface area contributed by atoms with Gasteiger partial charge in [-0.2, -0.15) is 0 Å². The minimum Gasteiger partial charge on any atom is -0.445 e. The zero-order chi connectivity index (χ0) is 18.4. The van der Waals surface area contributed by atoms with E-state index in [0.29, 0.717) is 0 Å². The van der Waals surface area contributed by atoms with Gasteiger partial charge in [-0.05, 0) is 17.7 Å². The molecule has 0 saturated heterocycles. The van der Waals surface area contributed by atoms with Crippen LogP contribution in [0.4, 0.5) is 10.5 Å². The molecule has 0 aliphatic carbocycles. The first-order valence-corrected chi connectivity index (χ1v) is 8.19. The molecule has 2 aromatic rings. The van der Waals surface area contributed by atoms with Crippen LogP contribution in [0, 0.1) is 0 Å². The molecule has 1 amide bonds. The fourth-order valence-corrected chi connectivity index (χ4v) is 2.54. The predicted octanol–water partition coefficient (Wildman–Crippen LogP) is 2.90. The summed E-state index contributed by atoms with van der Waals surface area (Å²) in [7, 11) is 0. The minimum atomic E-state index is -1.35. The molecular weight excluding hydrogens is 367 g/mol. The number of carbonyl (C=O) groups excluding carboxylic acids is 1. The van der Waals surface area contributed by atoms with Crippen molar-refractivity contribution in [3.8, 4) is 0 Å². The zero-order valence-corrected chi connectivity index (χ0v) is 14.7. The Labute approximate surface area is 155 Å². The van der Waals surface area contributed by atoms with E-state index in [4.69, 9.17) is 33.7 Å². The van der Waals surface area contributed by atoms with E-state index in [2.05, 4.69) is 5.32 Å². The van der Waals surface area contributed by atoms with E-state index < -0.39 is 18.3 Å². The maximum Gasteiger partial charge on any atom is 0.407 e. The Balaban J connectivity index is 1.86. The van der Waals surface area contributed by atoms with Crippen LogP contribution < -0.4 is 11.1 Å². The standard InChI is InChI=1S/C17H18Cl2N2O4/c18-12-7-14(20)13(19)6-11(12)16(23)15(22)8-21-17(24)25-9-10-4-2-1-3-5-10/h1-7,15-16,22-23H,8-9,20H2,(H,21,24). The molecule has 0 heterocycles. The molecule has 0 fully saturated rings. The zero-order valence-electron chi connectivity index (χ0n) is 13.2. The normalized spacial score (nSPS) is 13.1. The van der Waals surface area contributed by atoms with Crippen LogP contribution in [-0.2, 0) is 11.3 Å². The summed E-state index contributed by atoms with van der Waals surface area (Å²) in [6.45, 7) is -0.127. The van der Waals surface area contributed by atoms with E-state index in [-0.39, 0.29) is 34.4 Å². The highest BCUT2D eigenvalue weighted by Crippen LogP contribution is 2.32. The van der Waals surface area contributed by atoms with Crippen molar-refractivity contribution in [2.75, 3.05) is 12.3 Å². The Morgan fingerprint density at radius 1 is 1.16 bits per heavy atom. The number of aliphatic hydroxyl groups excluding tert-OH is 2. The van der Waals surface area contributed by atoms with Gasteiger partial charge in [0.05, 0.1) is 10.7 Å². The molecule has 6 nitrogen and oxygen atoms in total. The average molecular weight is 385 g/mol. The van der Waals surface area contributed by atoms with Crippen LogP contribution in [-0.4, -0.2) is 29.0 Å². The molecule has 0 aliphatic heterocycles. The molecule has 2 rings (SSSR count). The van der Waals surface area contributed by atoms with Crippen molar-refractivity contribution in [2.45, 2.75) is 18.8 Å². The SMILES string of the molecule is Nc1cc(Cl)c(C(O)C(O)CNC(=O)OCc2ccccc2)cc1Cl. The van der Waals surface area contributed by atoms with Gasteiger partial charge in [-0.15, -0.1) is 0 Å². The second-order valence-corrected chi connectivity index (χ2v) is 6.16. The minimum absolute atomic E-state index is 0.102. The number of ether oxygens (including phenoxy) is 1. The van der Waals surface area contributed by atoms with Gasteiger partial charge in [0.1, 0.15) is 18.8 Å². The van der Waals surface area contributed by atoms with E-state index in [0.717, 1.165) is 5.56 Å². The lowest BCUT2D eigenvalue weighted by atomic mass is 10.0. The van der Waals surface area contributed by atoms with Crippen molar-refractivity contribution < 1.29 is 19.7 Å². The molecule has 2 aromatic carbocycles. The van der Waals surface area contributed by atoms with E-state index in [9.17, 15) is 15.0 Å². The van der Waals surface area contributed by atoms with E-state index in [1.165, 1.54) is 12.1 Å². The molecule has 0 aromatic heterocycles. The maximum atomic E-state index is 11.7. The van der Waals surface area contributed by atoms with Gasteiger partial charge in [0.25, 0.3) is 0 Å². The molecule has 0 aliphatic rings. The summed E-state index contributed by atoms with van der Waals surface area (Å²) in [5.41, 5.74) is 6.93. The van der Waals surface area contributed by atoms with Crippen LogP contribution in [0.1, 0.15) is 17.2 Å². The molecule has 5 N–H and O–H groups in total. The summed E-state index contributed by atoms with van der Waals surface area (Å²) in [6.07, 6.45) is -3.36. The lowest BCUT2D eigenvalue weighted by Gasteiger charge is -2.20. The summed E-state index contributed by atoms with van der Waals surface area (Å²) in [6, 6.07) is 11.9. The van der Waals surface area contributed by atoms with E-state index >= 15 is 0 Å². The van der Waals surface area contributed by atoms with Crippen LogP contribution in [0.15, 0.2) is 42.5 Å². The Morgan fingerprint density at radius 2 is 1.84 bits per heavy atom. The molecule has 8 heteroatoms. The molecule has 2 unspecified atom stereocenters. The summed E-state index contributed by atoms with van der Waals surface area (Å²) < 4.78 is 5.02. The van der Waals surface area contributed by atoms with Crippen molar-refractivity contribution in [1.82, 2.24) is 5.32 Å². The first-order chi connectivity index (χ1) is 11.9. The molecule has 2 atom stereocenters. The number of amides is 1. The second-order valence-electron chi connectivity index (χ2n) is 5.35. The van der Waals surface area contributed by atoms with Crippen LogP contribution in [0.2, 0.25) is 10.0 Å². The third kappa shape index (κ3) is 5.51. The number of nitrogens with two attached hydrogens (primary N) is 1. The number of carbonyl (C=O) groups is 1. The van der Waals surface area contributed by atoms with Crippen LogP contribution in [0.5, 0.6) is 0 Å². The lowest BCUT2D eigenvalue weighted by Crippen LogP contribution is -2.35. The Hall–Kier alpha value is -1.99. The number of aliphatic hydroxyl groups is 2. The van der Waals surface area contributed by atoms with Gasteiger partial charge in [0.15, 0.2) is 0 Å². The molecule has 0 saturated carbocycles. The number of nitrogens with one attached hydrogen (secondary N) is 1. The number of nitrogen functional groups attached to an aromatic ring is 1. The monoisotopic (exact) mass is 384 g/mol. The Kier molecular flexibility index (Phi) is 6.90. The Morgan fingerprint density at radius 3 is 2.52 bits per heavy atom. The summed E-state index contributed by atoms with van der Waals surface area (Å²) in [5, 5.41) is 23.0. The third-order valence-electron chi connectivity index (χ3n) is 3.47. The van der Waals surface area contributed by atoms with Gasteiger partial charge < -0.3 is 26.0 Å². The number of anilines is 1. The van der Waals surface area contributed by atoms with Gasteiger partial charge in [-0.1, -0.05) is 53.5 Å². The van der Waals surface area contributed by atoms with Crippen LogP contribution in [0.25, 0.3) is 0 Å². The first-order valence-electron chi connectivity index (χ1n) is 7.43. The Bertz CT molecular complexity index is 728. The molecule has 134 valence electrons. The van der Waals surface area contributed by atoms with Crippen LogP contribution >= 0.6 is 23.2 Å². The van der Waals surface area contributed by atoms with Gasteiger partial charge in [0.2, 0.25) is 0 Å². The number of benzene rings is 2. The predicted molar refractivity (Wildman–Crippen MR) is 96.5 cm³/mol. The van der Waals surface area contributed by atoms with E-state index in [1.807, 2.05) is 30.3 Å². The van der Waals surface area contributed by atoms with E-state index in [1.54, 1.807) is 0 Å². The summed E-state index contributed by atoms with van der Waals surface area (Å²) in [4.78, 5) is 11.7. The average Bonchev–Trinajstić information content (AvgIpc) is 2.61. The fraction of sp³-hybridized carbons (Fsp3) is 0.235. The lowest BCUT2D eigenvalue weighted by molar-refractivity contribution is 0.0185. The number of alkyl carbamates (subject to hydrolysis) is 1. The van der Waals surface area contributed by atoms with Crippen LogP contribution in [0.3, 0.4) is 0 Å². The second kappa shape index (κ2) is 8.92. The molecule has 0 bridgehead atoms.